The lowest BCUT2D eigenvalue weighted by Crippen LogP contribution is -2.28. The fourth-order valence-corrected chi connectivity index (χ4v) is 5.05. The summed E-state index contributed by atoms with van der Waals surface area (Å²) in [5, 5.41) is 13.5. The van der Waals surface area contributed by atoms with Gasteiger partial charge in [-0.1, -0.05) is 23.2 Å². The number of benzene rings is 2. The highest BCUT2D eigenvalue weighted by molar-refractivity contribution is 7.89. The molecule has 1 saturated heterocycles. The molecule has 1 fully saturated rings. The van der Waals surface area contributed by atoms with Crippen LogP contribution in [0.2, 0.25) is 10.0 Å². The number of hydrogen-bond donors (Lipinski definition) is 1. The van der Waals surface area contributed by atoms with Gasteiger partial charge in [-0.2, -0.15) is 4.31 Å². The number of hydrogen-bond acceptors (Lipinski definition) is 5. The van der Waals surface area contributed by atoms with Gasteiger partial charge in [0.15, 0.2) is 0 Å². The molecule has 0 aliphatic carbocycles. The summed E-state index contributed by atoms with van der Waals surface area (Å²) in [6.45, 7) is 0.841. The minimum atomic E-state index is -3.77. The first-order valence-electron chi connectivity index (χ1n) is 8.25. The summed E-state index contributed by atoms with van der Waals surface area (Å²) in [5.41, 5.74) is -0.192. The van der Waals surface area contributed by atoms with Crippen LogP contribution < -0.4 is 5.32 Å². The van der Waals surface area contributed by atoms with Crippen molar-refractivity contribution in [3.8, 4) is 0 Å². The van der Waals surface area contributed by atoms with E-state index in [1.165, 1.54) is 34.6 Å². The molecular formula is C17H15Cl2N3O5S. The molecule has 3 rings (SSSR count). The van der Waals surface area contributed by atoms with E-state index in [0.717, 1.165) is 18.9 Å². The number of nitrogens with zero attached hydrogens (tertiary/aromatic N) is 2. The standard InChI is InChI=1S/C17H15Cl2N3O5S/c18-13-5-3-11(9-15(13)22(24)25)17(23)20-12-4-6-14(19)16(10-12)28(26,27)21-7-1-2-8-21/h3-6,9-10H,1-2,7-8H2,(H,20,23). The van der Waals surface area contributed by atoms with E-state index in [2.05, 4.69) is 5.32 Å². The van der Waals surface area contributed by atoms with Gasteiger partial charge in [-0.25, -0.2) is 8.42 Å². The van der Waals surface area contributed by atoms with Crippen LogP contribution >= 0.6 is 23.2 Å². The van der Waals surface area contributed by atoms with Crippen molar-refractivity contribution in [1.29, 1.82) is 0 Å². The lowest BCUT2D eigenvalue weighted by molar-refractivity contribution is -0.384. The summed E-state index contributed by atoms with van der Waals surface area (Å²) >= 11 is 11.8. The summed E-state index contributed by atoms with van der Waals surface area (Å²) in [5.74, 6) is -0.647. The predicted molar refractivity (Wildman–Crippen MR) is 106 cm³/mol. The Labute approximate surface area is 171 Å². The Morgan fingerprint density at radius 3 is 2.36 bits per heavy atom. The van der Waals surface area contributed by atoms with E-state index in [0.29, 0.717) is 13.1 Å². The number of carbonyl (C=O) groups excluding carboxylic acids is 1. The third-order valence-corrected chi connectivity index (χ3v) is 6.98. The largest absolute Gasteiger partial charge is 0.322 e. The zero-order valence-corrected chi connectivity index (χ0v) is 16.7. The Bertz CT molecular complexity index is 1050. The van der Waals surface area contributed by atoms with Gasteiger partial charge in [0.25, 0.3) is 11.6 Å². The molecule has 11 heteroatoms. The summed E-state index contributed by atoms with van der Waals surface area (Å²) in [6.07, 6.45) is 1.56. The second-order valence-corrected chi connectivity index (χ2v) is 8.85. The zero-order valence-electron chi connectivity index (χ0n) is 14.4. The van der Waals surface area contributed by atoms with Gasteiger partial charge in [0.05, 0.1) is 9.95 Å². The van der Waals surface area contributed by atoms with Gasteiger partial charge in [0.2, 0.25) is 10.0 Å². The second-order valence-electron chi connectivity index (χ2n) is 6.13. The Balaban J connectivity index is 1.88. The smallest absolute Gasteiger partial charge is 0.288 e. The number of rotatable bonds is 5. The van der Waals surface area contributed by atoms with Gasteiger partial charge >= 0.3 is 0 Å². The van der Waals surface area contributed by atoms with Crippen molar-refractivity contribution in [1.82, 2.24) is 4.31 Å². The summed E-state index contributed by atoms with van der Waals surface area (Å²) in [7, 11) is -3.77. The van der Waals surface area contributed by atoms with Gasteiger partial charge in [0, 0.05) is 30.4 Å². The minimum Gasteiger partial charge on any atom is -0.322 e. The number of sulfonamides is 1. The summed E-state index contributed by atoms with van der Waals surface area (Å²) in [6, 6.07) is 7.74. The van der Waals surface area contributed by atoms with E-state index < -0.39 is 26.5 Å². The molecule has 0 atom stereocenters. The zero-order chi connectivity index (χ0) is 20.5. The molecule has 0 saturated carbocycles. The molecule has 2 aromatic carbocycles. The molecule has 0 unspecified atom stereocenters. The summed E-state index contributed by atoms with van der Waals surface area (Å²) < 4.78 is 26.9. The van der Waals surface area contributed by atoms with Gasteiger partial charge in [0.1, 0.15) is 9.92 Å². The average molecular weight is 444 g/mol. The molecule has 1 aliphatic heterocycles. The van der Waals surface area contributed by atoms with E-state index >= 15 is 0 Å². The van der Waals surface area contributed by atoms with Crippen LogP contribution in [0.25, 0.3) is 0 Å². The van der Waals surface area contributed by atoms with Crippen molar-refractivity contribution < 1.29 is 18.1 Å². The van der Waals surface area contributed by atoms with E-state index in [1.807, 2.05) is 0 Å². The van der Waals surface area contributed by atoms with Crippen LogP contribution in [0.15, 0.2) is 41.3 Å². The number of anilines is 1. The van der Waals surface area contributed by atoms with Crippen molar-refractivity contribution in [2.45, 2.75) is 17.7 Å². The number of halogens is 2. The quantitative estimate of drug-likeness (QED) is 0.555. The monoisotopic (exact) mass is 443 g/mol. The van der Waals surface area contributed by atoms with Crippen molar-refractivity contribution in [2.75, 3.05) is 18.4 Å². The van der Waals surface area contributed by atoms with E-state index in [4.69, 9.17) is 23.2 Å². The topological polar surface area (TPSA) is 110 Å². The first-order chi connectivity index (χ1) is 13.2. The van der Waals surface area contributed by atoms with Crippen molar-refractivity contribution in [2.24, 2.45) is 0 Å². The Hall–Kier alpha value is -2.20. The van der Waals surface area contributed by atoms with Gasteiger partial charge in [-0.05, 0) is 43.2 Å². The molecular weight excluding hydrogens is 429 g/mol. The molecule has 0 radical (unpaired) electrons. The van der Waals surface area contributed by atoms with Gasteiger partial charge < -0.3 is 5.32 Å². The number of nitro groups is 1. The Morgan fingerprint density at radius 2 is 1.71 bits per heavy atom. The third kappa shape index (κ3) is 4.12. The van der Waals surface area contributed by atoms with Crippen molar-refractivity contribution in [3.63, 3.8) is 0 Å². The second kappa shape index (κ2) is 8.04. The highest BCUT2D eigenvalue weighted by Crippen LogP contribution is 2.30. The maximum atomic E-state index is 12.8. The Kier molecular flexibility index (Phi) is 5.90. The Morgan fingerprint density at radius 1 is 1.07 bits per heavy atom. The number of nitrogens with one attached hydrogen (secondary N) is 1. The molecule has 8 nitrogen and oxygen atoms in total. The van der Waals surface area contributed by atoms with Crippen LogP contribution in [-0.2, 0) is 10.0 Å². The number of amides is 1. The lowest BCUT2D eigenvalue weighted by Gasteiger charge is -2.17. The summed E-state index contributed by atoms with van der Waals surface area (Å²) in [4.78, 5) is 22.6. The average Bonchev–Trinajstić information content (AvgIpc) is 3.19. The molecule has 28 heavy (non-hydrogen) atoms. The molecule has 1 N–H and O–H groups in total. The molecule has 2 aromatic rings. The third-order valence-electron chi connectivity index (χ3n) is 4.28. The fourth-order valence-electron chi connectivity index (χ4n) is 2.84. The SMILES string of the molecule is O=C(Nc1ccc(Cl)c(S(=O)(=O)N2CCCC2)c1)c1ccc(Cl)c([N+](=O)[O-])c1. The van der Waals surface area contributed by atoms with Crippen molar-refractivity contribution in [3.05, 3.63) is 62.1 Å². The number of carbonyl (C=O) groups is 1. The maximum Gasteiger partial charge on any atom is 0.288 e. The fraction of sp³-hybridized carbons (Fsp3) is 0.235. The van der Waals surface area contributed by atoms with E-state index in [-0.39, 0.29) is 26.2 Å². The molecule has 1 amide bonds. The van der Waals surface area contributed by atoms with E-state index in [9.17, 15) is 23.3 Å². The predicted octanol–water partition coefficient (Wildman–Crippen LogP) is 3.94. The molecule has 0 spiro atoms. The lowest BCUT2D eigenvalue weighted by atomic mass is 10.2. The molecule has 0 bridgehead atoms. The number of nitro benzene ring substituents is 1. The minimum absolute atomic E-state index is 0.00926. The van der Waals surface area contributed by atoms with Crippen LogP contribution in [0.5, 0.6) is 0 Å². The molecule has 1 heterocycles. The highest BCUT2D eigenvalue weighted by atomic mass is 35.5. The van der Waals surface area contributed by atoms with Crippen LogP contribution in [0.3, 0.4) is 0 Å². The van der Waals surface area contributed by atoms with E-state index in [1.54, 1.807) is 0 Å². The highest BCUT2D eigenvalue weighted by Gasteiger charge is 2.29. The van der Waals surface area contributed by atoms with Crippen LogP contribution in [0.1, 0.15) is 23.2 Å². The molecule has 0 aromatic heterocycles. The van der Waals surface area contributed by atoms with Crippen LogP contribution in [0.4, 0.5) is 11.4 Å². The molecule has 148 valence electrons. The maximum absolute atomic E-state index is 12.8. The normalized spacial score (nSPS) is 14.8. The molecule has 1 aliphatic rings. The van der Waals surface area contributed by atoms with Gasteiger partial charge in [-0.3, -0.25) is 14.9 Å². The van der Waals surface area contributed by atoms with Crippen LogP contribution in [0, 0.1) is 10.1 Å². The van der Waals surface area contributed by atoms with Gasteiger partial charge in [-0.15, -0.1) is 0 Å². The van der Waals surface area contributed by atoms with Crippen LogP contribution in [-0.4, -0.2) is 36.6 Å². The van der Waals surface area contributed by atoms with Crippen molar-refractivity contribution >= 4 is 50.5 Å². The first kappa shape index (κ1) is 20.5. The first-order valence-corrected chi connectivity index (χ1v) is 10.4.